The number of hydrogen-bond acceptors (Lipinski definition) is 5. The molecule has 0 aliphatic heterocycles. The highest BCUT2D eigenvalue weighted by Crippen LogP contribution is 2.58. The van der Waals surface area contributed by atoms with Crippen molar-refractivity contribution in [1.82, 2.24) is 0 Å². The van der Waals surface area contributed by atoms with Crippen LogP contribution in [0.25, 0.3) is 0 Å². The summed E-state index contributed by atoms with van der Waals surface area (Å²) in [5.74, 6) is -0.582. The molecule has 1 atom stereocenters. The zero-order chi connectivity index (χ0) is 14.3. The monoisotopic (exact) mass is 288 g/mol. The van der Waals surface area contributed by atoms with E-state index in [1.54, 1.807) is 24.3 Å². The molecule has 1 rings (SSSR count). The van der Waals surface area contributed by atoms with Crippen molar-refractivity contribution in [3.63, 3.8) is 0 Å². The van der Waals surface area contributed by atoms with Gasteiger partial charge in [0.2, 0.25) is 0 Å². The maximum absolute atomic E-state index is 12.0. The van der Waals surface area contributed by atoms with E-state index < -0.39 is 13.4 Å². The summed E-state index contributed by atoms with van der Waals surface area (Å²) >= 11 is 0. The van der Waals surface area contributed by atoms with Gasteiger partial charge in [-0.05, 0) is 24.1 Å². The predicted molar refractivity (Wildman–Crippen MR) is 73.4 cm³/mol. The summed E-state index contributed by atoms with van der Waals surface area (Å²) in [4.78, 5) is 0. The molecular formula is C13H21O5P. The van der Waals surface area contributed by atoms with Gasteiger partial charge in [0, 0.05) is 14.2 Å². The standard InChI is InChI=1S/C13H21O5P/c1-4-5-10-18-12-8-6-11(7-9-12)13(14)19(15,16-2)17-3/h6-9,13-14H,4-5,10H2,1-3H3/t13-/m0/s1. The lowest BCUT2D eigenvalue weighted by Crippen LogP contribution is -2.03. The fourth-order valence-electron chi connectivity index (χ4n) is 1.53. The van der Waals surface area contributed by atoms with Crippen molar-refractivity contribution in [2.45, 2.75) is 25.6 Å². The number of rotatable bonds is 8. The maximum Gasteiger partial charge on any atom is 0.362 e. The zero-order valence-corrected chi connectivity index (χ0v) is 12.4. The van der Waals surface area contributed by atoms with Gasteiger partial charge in [-0.3, -0.25) is 4.57 Å². The second kappa shape index (κ2) is 7.65. The first-order valence-corrected chi connectivity index (χ1v) is 7.80. The van der Waals surface area contributed by atoms with Gasteiger partial charge in [0.1, 0.15) is 5.75 Å². The molecule has 0 saturated heterocycles. The molecule has 0 aliphatic rings. The first-order valence-electron chi connectivity index (χ1n) is 6.19. The molecule has 0 amide bonds. The minimum Gasteiger partial charge on any atom is -0.494 e. The van der Waals surface area contributed by atoms with Crippen LogP contribution >= 0.6 is 7.60 Å². The third kappa shape index (κ3) is 4.32. The molecule has 6 heteroatoms. The minimum absolute atomic E-state index is 0.467. The molecule has 1 aromatic rings. The summed E-state index contributed by atoms with van der Waals surface area (Å²) in [5, 5.41) is 9.99. The van der Waals surface area contributed by atoms with Crippen LogP contribution < -0.4 is 4.74 Å². The fourth-order valence-corrected chi connectivity index (χ4v) is 2.61. The normalized spacial score (nSPS) is 13.3. The second-order valence-electron chi connectivity index (χ2n) is 4.05. The zero-order valence-electron chi connectivity index (χ0n) is 11.5. The molecule has 5 nitrogen and oxygen atoms in total. The molecule has 108 valence electrons. The predicted octanol–water partition coefficient (Wildman–Crippen LogP) is 3.34. The lowest BCUT2D eigenvalue weighted by atomic mass is 10.2. The molecular weight excluding hydrogens is 267 g/mol. The van der Waals surface area contributed by atoms with Crippen LogP contribution in [0.15, 0.2) is 24.3 Å². The van der Waals surface area contributed by atoms with E-state index in [0.29, 0.717) is 17.9 Å². The van der Waals surface area contributed by atoms with Gasteiger partial charge in [-0.2, -0.15) is 0 Å². The van der Waals surface area contributed by atoms with Crippen molar-refractivity contribution in [3.8, 4) is 5.75 Å². The lowest BCUT2D eigenvalue weighted by Gasteiger charge is -2.20. The molecule has 1 N–H and O–H groups in total. The smallest absolute Gasteiger partial charge is 0.362 e. The van der Waals surface area contributed by atoms with Gasteiger partial charge in [0.05, 0.1) is 6.61 Å². The van der Waals surface area contributed by atoms with Gasteiger partial charge < -0.3 is 18.9 Å². The highest BCUT2D eigenvalue weighted by atomic mass is 31.2. The van der Waals surface area contributed by atoms with Crippen molar-refractivity contribution in [3.05, 3.63) is 29.8 Å². The molecule has 0 aliphatic carbocycles. The van der Waals surface area contributed by atoms with Crippen LogP contribution in [0.2, 0.25) is 0 Å². The Balaban J connectivity index is 2.73. The highest BCUT2D eigenvalue weighted by Gasteiger charge is 2.33. The molecule has 0 heterocycles. The lowest BCUT2D eigenvalue weighted by molar-refractivity contribution is 0.176. The van der Waals surface area contributed by atoms with E-state index in [0.717, 1.165) is 12.8 Å². The summed E-state index contributed by atoms with van der Waals surface area (Å²) in [6, 6.07) is 6.75. The van der Waals surface area contributed by atoms with Crippen molar-refractivity contribution in [2.24, 2.45) is 0 Å². The van der Waals surface area contributed by atoms with E-state index in [-0.39, 0.29) is 0 Å². The van der Waals surface area contributed by atoms with Crippen LogP contribution in [0.3, 0.4) is 0 Å². The highest BCUT2D eigenvalue weighted by molar-refractivity contribution is 7.53. The quantitative estimate of drug-likeness (QED) is 0.587. The molecule has 19 heavy (non-hydrogen) atoms. The molecule has 0 aromatic heterocycles. The van der Waals surface area contributed by atoms with Crippen LogP contribution in [0.1, 0.15) is 31.2 Å². The van der Waals surface area contributed by atoms with Crippen LogP contribution in [0, 0.1) is 0 Å². The molecule has 0 fully saturated rings. The molecule has 0 bridgehead atoms. The average Bonchev–Trinajstić information content (AvgIpc) is 2.46. The first-order chi connectivity index (χ1) is 9.07. The molecule has 0 saturated carbocycles. The third-order valence-electron chi connectivity index (χ3n) is 2.75. The Morgan fingerprint density at radius 3 is 2.26 bits per heavy atom. The van der Waals surface area contributed by atoms with Crippen LogP contribution in [0.4, 0.5) is 0 Å². The topological polar surface area (TPSA) is 65.0 Å². The van der Waals surface area contributed by atoms with E-state index in [4.69, 9.17) is 13.8 Å². The Hall–Kier alpha value is -0.870. The largest absolute Gasteiger partial charge is 0.494 e. The SMILES string of the molecule is CCCCOc1ccc([C@@H](O)P(=O)(OC)OC)cc1. The van der Waals surface area contributed by atoms with Crippen molar-refractivity contribution in [1.29, 1.82) is 0 Å². The minimum atomic E-state index is -3.52. The Labute approximate surface area is 114 Å². The molecule has 0 radical (unpaired) electrons. The molecule has 0 unspecified atom stereocenters. The molecule has 1 aromatic carbocycles. The Kier molecular flexibility index (Phi) is 6.52. The van der Waals surface area contributed by atoms with E-state index in [2.05, 4.69) is 6.92 Å². The van der Waals surface area contributed by atoms with E-state index in [1.165, 1.54) is 14.2 Å². The van der Waals surface area contributed by atoms with Gasteiger partial charge in [0.15, 0.2) is 5.85 Å². The number of aliphatic hydroxyl groups excluding tert-OH is 1. The van der Waals surface area contributed by atoms with Crippen LogP contribution in [-0.2, 0) is 13.6 Å². The summed E-state index contributed by atoms with van der Waals surface area (Å²) in [6.45, 7) is 2.75. The number of hydrogen-bond donors (Lipinski definition) is 1. The van der Waals surface area contributed by atoms with E-state index >= 15 is 0 Å². The van der Waals surface area contributed by atoms with E-state index in [9.17, 15) is 9.67 Å². The Morgan fingerprint density at radius 2 is 1.79 bits per heavy atom. The van der Waals surface area contributed by atoms with Crippen LogP contribution in [0.5, 0.6) is 5.75 Å². The second-order valence-corrected chi connectivity index (χ2v) is 6.35. The Morgan fingerprint density at radius 1 is 1.21 bits per heavy atom. The summed E-state index contributed by atoms with van der Waals surface area (Å²) in [5.41, 5.74) is 0.467. The fraction of sp³-hybridized carbons (Fsp3) is 0.538. The summed E-state index contributed by atoms with van der Waals surface area (Å²) in [6.07, 6.45) is 2.06. The van der Waals surface area contributed by atoms with Gasteiger partial charge in [-0.1, -0.05) is 25.5 Å². The number of aliphatic hydroxyl groups is 1. The number of unbranched alkanes of at least 4 members (excludes halogenated alkanes) is 1. The first kappa shape index (κ1) is 16.2. The maximum atomic E-state index is 12.0. The van der Waals surface area contributed by atoms with Gasteiger partial charge in [-0.25, -0.2) is 0 Å². The summed E-state index contributed by atoms with van der Waals surface area (Å²) < 4.78 is 27.1. The number of ether oxygens (including phenoxy) is 1. The van der Waals surface area contributed by atoms with Gasteiger partial charge in [0.25, 0.3) is 0 Å². The average molecular weight is 288 g/mol. The molecule has 0 spiro atoms. The van der Waals surface area contributed by atoms with Crippen molar-refractivity contribution < 1.29 is 23.5 Å². The number of benzene rings is 1. The van der Waals surface area contributed by atoms with Gasteiger partial charge >= 0.3 is 7.60 Å². The third-order valence-corrected chi connectivity index (χ3v) is 4.67. The van der Waals surface area contributed by atoms with Gasteiger partial charge in [-0.15, -0.1) is 0 Å². The Bertz CT molecular complexity index is 410. The van der Waals surface area contributed by atoms with E-state index in [1.807, 2.05) is 0 Å². The van der Waals surface area contributed by atoms with Crippen LogP contribution in [-0.4, -0.2) is 25.9 Å². The van der Waals surface area contributed by atoms with Crippen molar-refractivity contribution in [2.75, 3.05) is 20.8 Å². The summed E-state index contributed by atoms with van der Waals surface area (Å²) in [7, 11) is -1.03. The van der Waals surface area contributed by atoms with Crippen molar-refractivity contribution >= 4 is 7.60 Å².